The molecule has 15 heavy (non-hydrogen) atoms. The summed E-state index contributed by atoms with van der Waals surface area (Å²) < 4.78 is 0. The Bertz CT molecular complexity index is 379. The van der Waals surface area contributed by atoms with E-state index in [9.17, 15) is 5.11 Å². The highest BCUT2D eigenvalue weighted by Gasteiger charge is 2.00. The zero-order valence-corrected chi connectivity index (χ0v) is 9.24. The standard InChI is InChI=1S/C10H13N3OS/c1-2-13(10(11)15)12-7-8-5-3-4-6-9(8)14/h3-7,14H,2H2,1H3,(H2,11,15). The second-order valence-corrected chi connectivity index (χ2v) is 3.28. The van der Waals surface area contributed by atoms with Crippen molar-refractivity contribution in [3.05, 3.63) is 29.8 Å². The van der Waals surface area contributed by atoms with E-state index in [2.05, 4.69) is 5.10 Å². The molecule has 1 aromatic rings. The third-order valence-corrected chi connectivity index (χ3v) is 2.04. The number of nitrogens with zero attached hydrogens (tertiary/aromatic N) is 2. The number of hydrogen-bond donors (Lipinski definition) is 2. The first-order valence-corrected chi connectivity index (χ1v) is 4.95. The van der Waals surface area contributed by atoms with Crippen molar-refractivity contribution in [1.82, 2.24) is 5.01 Å². The average Bonchev–Trinajstić information content (AvgIpc) is 2.21. The van der Waals surface area contributed by atoms with Gasteiger partial charge in [-0.05, 0) is 31.3 Å². The van der Waals surface area contributed by atoms with E-state index in [0.717, 1.165) is 0 Å². The molecule has 0 radical (unpaired) electrons. The van der Waals surface area contributed by atoms with E-state index in [1.165, 1.54) is 11.2 Å². The van der Waals surface area contributed by atoms with E-state index in [1.807, 2.05) is 13.0 Å². The van der Waals surface area contributed by atoms with Gasteiger partial charge in [-0.25, -0.2) is 5.01 Å². The van der Waals surface area contributed by atoms with Crippen molar-refractivity contribution in [2.45, 2.75) is 6.92 Å². The van der Waals surface area contributed by atoms with Gasteiger partial charge < -0.3 is 10.8 Å². The molecular weight excluding hydrogens is 210 g/mol. The average molecular weight is 223 g/mol. The summed E-state index contributed by atoms with van der Waals surface area (Å²) in [5.74, 6) is 0.181. The van der Waals surface area contributed by atoms with Crippen LogP contribution in [0, 0.1) is 0 Å². The van der Waals surface area contributed by atoms with E-state index in [1.54, 1.807) is 18.2 Å². The predicted molar refractivity (Wildman–Crippen MR) is 64.9 cm³/mol. The van der Waals surface area contributed by atoms with Crippen molar-refractivity contribution in [3.8, 4) is 5.75 Å². The zero-order valence-electron chi connectivity index (χ0n) is 8.42. The molecule has 0 heterocycles. The number of nitrogens with two attached hydrogens (primary N) is 1. The summed E-state index contributed by atoms with van der Waals surface area (Å²) in [6, 6.07) is 6.92. The van der Waals surface area contributed by atoms with E-state index in [-0.39, 0.29) is 10.9 Å². The molecule has 0 bridgehead atoms. The summed E-state index contributed by atoms with van der Waals surface area (Å²) in [5, 5.41) is 15.2. The highest BCUT2D eigenvalue weighted by atomic mass is 32.1. The van der Waals surface area contributed by atoms with Crippen LogP contribution in [0.3, 0.4) is 0 Å². The number of rotatable bonds is 3. The number of hydrazone groups is 1. The maximum Gasteiger partial charge on any atom is 0.186 e. The number of phenolic OH excluding ortho intramolecular Hbond substituents is 1. The van der Waals surface area contributed by atoms with Crippen LogP contribution in [0.5, 0.6) is 5.75 Å². The Morgan fingerprint density at radius 2 is 2.27 bits per heavy atom. The molecule has 0 saturated heterocycles. The third kappa shape index (κ3) is 3.21. The Morgan fingerprint density at radius 1 is 1.60 bits per heavy atom. The summed E-state index contributed by atoms with van der Waals surface area (Å²) >= 11 is 4.79. The van der Waals surface area contributed by atoms with Crippen LogP contribution in [0.2, 0.25) is 0 Å². The fraction of sp³-hybridized carbons (Fsp3) is 0.200. The van der Waals surface area contributed by atoms with Crippen LogP contribution >= 0.6 is 12.2 Å². The predicted octanol–water partition coefficient (Wildman–Crippen LogP) is 1.29. The Kier molecular flexibility index (Phi) is 4.05. The Labute approximate surface area is 94.0 Å². The monoisotopic (exact) mass is 223 g/mol. The van der Waals surface area contributed by atoms with Gasteiger partial charge in [-0.1, -0.05) is 12.1 Å². The van der Waals surface area contributed by atoms with Gasteiger partial charge in [0.05, 0.1) is 6.21 Å². The molecule has 0 saturated carbocycles. The smallest absolute Gasteiger partial charge is 0.186 e. The second-order valence-electron chi connectivity index (χ2n) is 2.86. The number of benzene rings is 1. The molecule has 80 valence electrons. The summed E-state index contributed by atoms with van der Waals surface area (Å²) in [5.41, 5.74) is 6.06. The summed E-state index contributed by atoms with van der Waals surface area (Å²) in [7, 11) is 0. The maximum atomic E-state index is 9.46. The molecule has 0 spiro atoms. The lowest BCUT2D eigenvalue weighted by Gasteiger charge is -2.13. The number of hydrogen-bond acceptors (Lipinski definition) is 3. The fourth-order valence-electron chi connectivity index (χ4n) is 1.02. The van der Waals surface area contributed by atoms with Crippen molar-refractivity contribution in [2.75, 3.05) is 6.54 Å². The van der Waals surface area contributed by atoms with E-state index < -0.39 is 0 Å². The van der Waals surface area contributed by atoms with E-state index in [4.69, 9.17) is 18.0 Å². The number of para-hydroxylation sites is 1. The SMILES string of the molecule is CCN(N=Cc1ccccc1O)C(N)=S. The Balaban J connectivity index is 2.81. The van der Waals surface area contributed by atoms with Crippen molar-refractivity contribution < 1.29 is 5.11 Å². The van der Waals surface area contributed by atoms with Gasteiger partial charge in [0, 0.05) is 12.1 Å². The van der Waals surface area contributed by atoms with Crippen LogP contribution in [-0.2, 0) is 0 Å². The van der Waals surface area contributed by atoms with Crippen LogP contribution in [-0.4, -0.2) is 28.0 Å². The van der Waals surface area contributed by atoms with E-state index >= 15 is 0 Å². The minimum absolute atomic E-state index is 0.181. The lowest BCUT2D eigenvalue weighted by atomic mass is 10.2. The first-order valence-electron chi connectivity index (χ1n) is 4.54. The molecule has 0 aromatic heterocycles. The molecule has 0 amide bonds. The fourth-order valence-corrected chi connectivity index (χ4v) is 1.20. The highest BCUT2D eigenvalue weighted by Crippen LogP contribution is 2.12. The van der Waals surface area contributed by atoms with Crippen molar-refractivity contribution in [1.29, 1.82) is 0 Å². The molecule has 1 rings (SSSR count). The Hall–Kier alpha value is -1.62. The van der Waals surface area contributed by atoms with Gasteiger partial charge in [-0.2, -0.15) is 5.10 Å². The molecule has 0 aliphatic heterocycles. The van der Waals surface area contributed by atoms with Crippen LogP contribution < -0.4 is 5.73 Å². The minimum Gasteiger partial charge on any atom is -0.507 e. The van der Waals surface area contributed by atoms with Crippen LogP contribution in [0.1, 0.15) is 12.5 Å². The van der Waals surface area contributed by atoms with Gasteiger partial charge >= 0.3 is 0 Å². The number of thiocarbonyl (C=S) groups is 1. The van der Waals surface area contributed by atoms with Crippen LogP contribution in [0.15, 0.2) is 29.4 Å². The normalized spacial score (nSPS) is 10.5. The largest absolute Gasteiger partial charge is 0.507 e. The molecule has 3 N–H and O–H groups in total. The first kappa shape index (κ1) is 11.5. The number of aromatic hydroxyl groups is 1. The van der Waals surface area contributed by atoms with E-state index in [0.29, 0.717) is 12.1 Å². The lowest BCUT2D eigenvalue weighted by molar-refractivity contribution is 0.469. The topological polar surface area (TPSA) is 61.8 Å². The molecule has 4 nitrogen and oxygen atoms in total. The molecule has 0 unspecified atom stereocenters. The van der Waals surface area contributed by atoms with Crippen molar-refractivity contribution in [2.24, 2.45) is 10.8 Å². The van der Waals surface area contributed by atoms with Gasteiger partial charge in [0.2, 0.25) is 0 Å². The minimum atomic E-state index is 0.181. The molecule has 1 aromatic carbocycles. The summed E-state index contributed by atoms with van der Waals surface area (Å²) in [6.07, 6.45) is 1.53. The van der Waals surface area contributed by atoms with Crippen LogP contribution in [0.25, 0.3) is 0 Å². The second kappa shape index (κ2) is 5.31. The zero-order chi connectivity index (χ0) is 11.3. The molecule has 0 atom stereocenters. The quantitative estimate of drug-likeness (QED) is 0.460. The lowest BCUT2D eigenvalue weighted by Crippen LogP contribution is -2.30. The number of phenols is 1. The molecule has 5 heteroatoms. The van der Waals surface area contributed by atoms with Gasteiger partial charge in [0.15, 0.2) is 5.11 Å². The Morgan fingerprint density at radius 3 is 2.80 bits per heavy atom. The van der Waals surface area contributed by atoms with Crippen molar-refractivity contribution >= 4 is 23.5 Å². The van der Waals surface area contributed by atoms with Gasteiger partial charge in [0.25, 0.3) is 0 Å². The first-order chi connectivity index (χ1) is 7.15. The van der Waals surface area contributed by atoms with Crippen LogP contribution in [0.4, 0.5) is 0 Å². The molecular formula is C10H13N3OS. The maximum absolute atomic E-state index is 9.46. The third-order valence-electron chi connectivity index (χ3n) is 1.83. The summed E-state index contributed by atoms with van der Waals surface area (Å²) in [6.45, 7) is 2.49. The highest BCUT2D eigenvalue weighted by molar-refractivity contribution is 7.80. The molecule has 0 fully saturated rings. The van der Waals surface area contributed by atoms with Crippen molar-refractivity contribution in [3.63, 3.8) is 0 Å². The van der Waals surface area contributed by atoms with Gasteiger partial charge in [-0.3, -0.25) is 0 Å². The summed E-state index contributed by atoms with van der Waals surface area (Å²) in [4.78, 5) is 0. The molecule has 0 aliphatic rings. The van der Waals surface area contributed by atoms with Gasteiger partial charge in [-0.15, -0.1) is 0 Å². The molecule has 0 aliphatic carbocycles. The van der Waals surface area contributed by atoms with Gasteiger partial charge in [0.1, 0.15) is 5.75 Å².